The summed E-state index contributed by atoms with van der Waals surface area (Å²) in [5, 5.41) is 7.89. The molecule has 0 atom stereocenters. The molecule has 1 aliphatic rings. The second kappa shape index (κ2) is 6.41. The SMILES string of the molecule is CCc1ccc(S(=O)(=O)N2CCC(c3nnc(C)o3)CC2)cc1. The van der Waals surface area contributed by atoms with Crippen LogP contribution in [-0.4, -0.2) is 36.0 Å². The molecule has 0 bridgehead atoms. The maximum Gasteiger partial charge on any atom is 0.243 e. The van der Waals surface area contributed by atoms with Gasteiger partial charge < -0.3 is 4.42 Å². The number of piperidine rings is 1. The van der Waals surface area contributed by atoms with E-state index in [2.05, 4.69) is 10.2 Å². The molecular weight excluding hydrogens is 314 g/mol. The summed E-state index contributed by atoms with van der Waals surface area (Å²) < 4.78 is 32.4. The van der Waals surface area contributed by atoms with Crippen LogP contribution in [0.4, 0.5) is 0 Å². The van der Waals surface area contributed by atoms with Gasteiger partial charge in [0.05, 0.1) is 4.90 Å². The van der Waals surface area contributed by atoms with Crippen LogP contribution in [0.2, 0.25) is 0 Å². The molecule has 1 aliphatic heterocycles. The van der Waals surface area contributed by atoms with Crippen LogP contribution in [0.15, 0.2) is 33.6 Å². The zero-order valence-electron chi connectivity index (χ0n) is 13.4. The average molecular weight is 335 g/mol. The lowest BCUT2D eigenvalue weighted by Crippen LogP contribution is -2.37. The predicted octanol–water partition coefficient (Wildman–Crippen LogP) is 2.51. The van der Waals surface area contributed by atoms with Gasteiger partial charge >= 0.3 is 0 Å². The van der Waals surface area contributed by atoms with E-state index < -0.39 is 10.0 Å². The van der Waals surface area contributed by atoms with Crippen molar-refractivity contribution in [2.75, 3.05) is 13.1 Å². The van der Waals surface area contributed by atoms with Crippen molar-refractivity contribution < 1.29 is 12.8 Å². The van der Waals surface area contributed by atoms with Crippen LogP contribution in [0.25, 0.3) is 0 Å². The Kier molecular flexibility index (Phi) is 4.50. The van der Waals surface area contributed by atoms with Gasteiger partial charge in [-0.15, -0.1) is 10.2 Å². The van der Waals surface area contributed by atoms with E-state index in [1.807, 2.05) is 19.1 Å². The van der Waals surface area contributed by atoms with Gasteiger partial charge in [-0.3, -0.25) is 0 Å². The molecule has 3 rings (SSSR count). The standard InChI is InChI=1S/C16H21N3O3S/c1-3-13-4-6-15(7-5-13)23(20,21)19-10-8-14(9-11-19)16-18-17-12(2)22-16/h4-7,14H,3,8-11H2,1-2H3. The molecule has 0 saturated carbocycles. The molecule has 0 amide bonds. The number of benzene rings is 1. The number of rotatable bonds is 4. The van der Waals surface area contributed by atoms with Crippen LogP contribution in [0.3, 0.4) is 0 Å². The fraction of sp³-hybridized carbons (Fsp3) is 0.500. The highest BCUT2D eigenvalue weighted by Crippen LogP contribution is 2.30. The summed E-state index contributed by atoms with van der Waals surface area (Å²) in [4.78, 5) is 0.363. The van der Waals surface area contributed by atoms with Crippen molar-refractivity contribution in [2.45, 2.75) is 43.9 Å². The number of aromatic nitrogens is 2. The van der Waals surface area contributed by atoms with Gasteiger partial charge in [0.25, 0.3) is 0 Å². The first kappa shape index (κ1) is 16.1. The Morgan fingerprint density at radius 3 is 2.35 bits per heavy atom. The highest BCUT2D eigenvalue weighted by atomic mass is 32.2. The van der Waals surface area contributed by atoms with E-state index in [1.165, 1.54) is 0 Å². The zero-order valence-corrected chi connectivity index (χ0v) is 14.2. The first-order chi connectivity index (χ1) is 11.0. The fourth-order valence-corrected chi connectivity index (χ4v) is 4.34. The molecule has 7 heteroatoms. The number of aryl methyl sites for hydroxylation is 2. The first-order valence-corrected chi connectivity index (χ1v) is 9.34. The third-order valence-electron chi connectivity index (χ3n) is 4.31. The molecule has 0 unspecified atom stereocenters. The van der Waals surface area contributed by atoms with Gasteiger partial charge in [-0.2, -0.15) is 4.31 Å². The maximum absolute atomic E-state index is 12.7. The summed E-state index contributed by atoms with van der Waals surface area (Å²) in [5.74, 6) is 1.31. The molecule has 0 radical (unpaired) electrons. The third kappa shape index (κ3) is 3.30. The van der Waals surface area contributed by atoms with Crippen molar-refractivity contribution in [3.05, 3.63) is 41.6 Å². The summed E-state index contributed by atoms with van der Waals surface area (Å²) in [6.07, 6.45) is 2.30. The quantitative estimate of drug-likeness (QED) is 0.858. The smallest absolute Gasteiger partial charge is 0.243 e. The summed E-state index contributed by atoms with van der Waals surface area (Å²) in [6.45, 7) is 4.76. The average Bonchev–Trinajstić information content (AvgIpc) is 3.01. The Morgan fingerprint density at radius 2 is 1.83 bits per heavy atom. The van der Waals surface area contributed by atoms with Crippen molar-refractivity contribution in [2.24, 2.45) is 0 Å². The van der Waals surface area contributed by atoms with E-state index in [1.54, 1.807) is 23.4 Å². The van der Waals surface area contributed by atoms with E-state index in [4.69, 9.17) is 4.42 Å². The van der Waals surface area contributed by atoms with Crippen molar-refractivity contribution in [1.82, 2.24) is 14.5 Å². The minimum atomic E-state index is -3.42. The van der Waals surface area contributed by atoms with Crippen LogP contribution in [-0.2, 0) is 16.4 Å². The Morgan fingerprint density at radius 1 is 1.17 bits per heavy atom. The van der Waals surface area contributed by atoms with Gasteiger partial charge in [0, 0.05) is 25.9 Å². The lowest BCUT2D eigenvalue weighted by Gasteiger charge is -2.29. The van der Waals surface area contributed by atoms with Gasteiger partial charge in [0.1, 0.15) is 0 Å². The summed E-state index contributed by atoms with van der Waals surface area (Å²) in [6, 6.07) is 7.14. The van der Waals surface area contributed by atoms with E-state index in [9.17, 15) is 8.42 Å². The van der Waals surface area contributed by atoms with Crippen molar-refractivity contribution in [1.29, 1.82) is 0 Å². The van der Waals surface area contributed by atoms with Crippen molar-refractivity contribution in [3.63, 3.8) is 0 Å². The Labute approximate surface area is 136 Å². The second-order valence-electron chi connectivity index (χ2n) is 5.84. The number of hydrogen-bond donors (Lipinski definition) is 0. The van der Waals surface area contributed by atoms with Crippen LogP contribution in [0, 0.1) is 6.92 Å². The minimum Gasteiger partial charge on any atom is -0.425 e. The molecule has 0 spiro atoms. The van der Waals surface area contributed by atoms with E-state index >= 15 is 0 Å². The highest BCUT2D eigenvalue weighted by Gasteiger charge is 2.31. The number of sulfonamides is 1. The van der Waals surface area contributed by atoms with E-state index in [0.29, 0.717) is 42.6 Å². The van der Waals surface area contributed by atoms with Gasteiger partial charge in [-0.05, 0) is 37.0 Å². The zero-order chi connectivity index (χ0) is 16.4. The number of nitrogens with zero attached hydrogens (tertiary/aromatic N) is 3. The van der Waals surface area contributed by atoms with Crippen LogP contribution >= 0.6 is 0 Å². The first-order valence-electron chi connectivity index (χ1n) is 7.90. The van der Waals surface area contributed by atoms with Crippen molar-refractivity contribution in [3.8, 4) is 0 Å². The monoisotopic (exact) mass is 335 g/mol. The lowest BCUT2D eigenvalue weighted by atomic mass is 9.98. The Hall–Kier alpha value is -1.73. The molecule has 23 heavy (non-hydrogen) atoms. The minimum absolute atomic E-state index is 0.144. The summed E-state index contributed by atoms with van der Waals surface area (Å²) >= 11 is 0. The number of hydrogen-bond acceptors (Lipinski definition) is 5. The summed E-state index contributed by atoms with van der Waals surface area (Å²) in [5.41, 5.74) is 1.13. The second-order valence-corrected chi connectivity index (χ2v) is 7.77. The van der Waals surface area contributed by atoms with Gasteiger partial charge in [0.2, 0.25) is 21.8 Å². The molecule has 6 nitrogen and oxygen atoms in total. The van der Waals surface area contributed by atoms with E-state index in [0.717, 1.165) is 12.0 Å². The molecule has 1 fully saturated rings. The Bertz CT molecular complexity index is 760. The molecule has 124 valence electrons. The van der Waals surface area contributed by atoms with Gasteiger partial charge in [0.15, 0.2) is 0 Å². The largest absolute Gasteiger partial charge is 0.425 e. The molecule has 2 heterocycles. The molecule has 0 aliphatic carbocycles. The van der Waals surface area contributed by atoms with Crippen molar-refractivity contribution >= 4 is 10.0 Å². The highest BCUT2D eigenvalue weighted by molar-refractivity contribution is 7.89. The van der Waals surface area contributed by atoms with Gasteiger partial charge in [-0.1, -0.05) is 19.1 Å². The third-order valence-corrected chi connectivity index (χ3v) is 6.23. The fourth-order valence-electron chi connectivity index (χ4n) is 2.87. The van der Waals surface area contributed by atoms with Crippen LogP contribution in [0.1, 0.15) is 43.0 Å². The maximum atomic E-state index is 12.7. The molecule has 2 aromatic rings. The molecule has 1 aromatic carbocycles. The predicted molar refractivity (Wildman–Crippen MR) is 85.6 cm³/mol. The normalized spacial score (nSPS) is 17.5. The molecule has 1 saturated heterocycles. The van der Waals surface area contributed by atoms with Crippen LogP contribution in [0.5, 0.6) is 0 Å². The Balaban J connectivity index is 1.70. The topological polar surface area (TPSA) is 76.3 Å². The molecule has 1 aromatic heterocycles. The van der Waals surface area contributed by atoms with E-state index in [-0.39, 0.29) is 5.92 Å². The lowest BCUT2D eigenvalue weighted by molar-refractivity contribution is 0.288. The van der Waals surface area contributed by atoms with Gasteiger partial charge in [-0.25, -0.2) is 8.42 Å². The molecular formula is C16H21N3O3S. The summed E-state index contributed by atoms with van der Waals surface area (Å²) in [7, 11) is -3.42. The molecule has 0 N–H and O–H groups in total. The van der Waals surface area contributed by atoms with Crippen LogP contribution < -0.4 is 0 Å².